The largest absolute Gasteiger partial charge is 0.445 e. The maximum atomic E-state index is 11.3. The van der Waals surface area contributed by atoms with Gasteiger partial charge in [0.2, 0.25) is 0 Å². The smallest absolute Gasteiger partial charge is 0.407 e. The second-order valence-corrected chi connectivity index (χ2v) is 4.85. The van der Waals surface area contributed by atoms with E-state index in [0.717, 1.165) is 0 Å². The normalized spacial score (nSPS) is 10.6. The monoisotopic (exact) mass is 288 g/mol. The molecule has 2 amide bonds. The molecule has 0 unspecified atom stereocenters. The summed E-state index contributed by atoms with van der Waals surface area (Å²) in [7, 11) is 0. The predicted octanol–water partition coefficient (Wildman–Crippen LogP) is 1.44. The highest BCUT2D eigenvalue weighted by Crippen LogP contribution is 2.05. The average molecular weight is 288 g/mol. The van der Waals surface area contributed by atoms with E-state index >= 15 is 0 Å². The van der Waals surface area contributed by atoms with Crippen LogP contribution in [0, 0.1) is 0 Å². The summed E-state index contributed by atoms with van der Waals surface area (Å²) in [5.41, 5.74) is -0.513. The Balaban J connectivity index is 3.39. The average Bonchev–Trinajstić information content (AvgIpc) is 2.33. The van der Waals surface area contributed by atoms with E-state index in [-0.39, 0.29) is 6.61 Å². The molecule has 20 heavy (non-hydrogen) atoms. The van der Waals surface area contributed by atoms with E-state index in [2.05, 4.69) is 17.2 Å². The van der Waals surface area contributed by atoms with E-state index in [1.54, 1.807) is 20.8 Å². The Morgan fingerprint density at radius 3 is 2.15 bits per heavy atom. The molecule has 0 aromatic carbocycles. The Labute approximate surface area is 119 Å². The lowest BCUT2D eigenvalue weighted by atomic mass is 10.2. The van der Waals surface area contributed by atoms with E-state index in [9.17, 15) is 9.59 Å². The summed E-state index contributed by atoms with van der Waals surface area (Å²) in [6.45, 7) is 10.3. The number of carbonyl (C=O) groups excluding carboxylic acids is 2. The number of hydrogen-bond acceptors (Lipinski definition) is 5. The molecule has 0 atom stereocenters. The standard InChI is InChI=1S/C13H24N2O5/c1-5-8-19-11(16)14-6-9-18-10-7-15-12(17)20-13(2,3)4/h5H,1,6-10H2,2-4H3,(H,14,16)(H,15,17). The third-order valence-electron chi connectivity index (χ3n) is 1.76. The van der Waals surface area contributed by atoms with Gasteiger partial charge in [0.05, 0.1) is 13.2 Å². The van der Waals surface area contributed by atoms with Crippen LogP contribution in [0.2, 0.25) is 0 Å². The first kappa shape index (κ1) is 18.2. The van der Waals surface area contributed by atoms with Crippen LogP contribution in [0.1, 0.15) is 20.8 Å². The molecule has 0 radical (unpaired) electrons. The van der Waals surface area contributed by atoms with Crippen molar-refractivity contribution in [1.29, 1.82) is 0 Å². The molecule has 0 aliphatic heterocycles. The van der Waals surface area contributed by atoms with Crippen molar-refractivity contribution >= 4 is 12.2 Å². The molecule has 0 aliphatic rings. The third-order valence-corrected chi connectivity index (χ3v) is 1.76. The van der Waals surface area contributed by atoms with Crippen LogP contribution < -0.4 is 10.6 Å². The molecule has 116 valence electrons. The van der Waals surface area contributed by atoms with Gasteiger partial charge in [-0.3, -0.25) is 0 Å². The van der Waals surface area contributed by atoms with Gasteiger partial charge >= 0.3 is 12.2 Å². The fourth-order valence-corrected chi connectivity index (χ4v) is 1.05. The van der Waals surface area contributed by atoms with Crippen molar-refractivity contribution in [2.24, 2.45) is 0 Å². The second kappa shape index (κ2) is 10.1. The van der Waals surface area contributed by atoms with E-state index < -0.39 is 17.8 Å². The minimum atomic E-state index is -0.514. The lowest BCUT2D eigenvalue weighted by Crippen LogP contribution is -2.34. The highest BCUT2D eigenvalue weighted by molar-refractivity contribution is 5.67. The Bertz CT molecular complexity index is 312. The number of amides is 2. The molecule has 7 nitrogen and oxygen atoms in total. The Morgan fingerprint density at radius 1 is 1.10 bits per heavy atom. The molecule has 7 heteroatoms. The van der Waals surface area contributed by atoms with Gasteiger partial charge < -0.3 is 24.8 Å². The first-order valence-electron chi connectivity index (χ1n) is 6.41. The molecule has 0 spiro atoms. The Hall–Kier alpha value is -1.76. The molecule has 0 heterocycles. The molecule has 0 aromatic rings. The number of alkyl carbamates (subject to hydrolysis) is 2. The quantitative estimate of drug-likeness (QED) is 0.521. The SMILES string of the molecule is C=CCOC(=O)NCCOCCNC(=O)OC(C)(C)C. The van der Waals surface area contributed by atoms with Gasteiger partial charge in [0, 0.05) is 13.1 Å². The summed E-state index contributed by atoms with van der Waals surface area (Å²) in [4.78, 5) is 22.3. The van der Waals surface area contributed by atoms with Crippen LogP contribution in [0.3, 0.4) is 0 Å². The molecule has 0 saturated heterocycles. The second-order valence-electron chi connectivity index (χ2n) is 4.85. The van der Waals surface area contributed by atoms with E-state index in [1.807, 2.05) is 0 Å². The number of ether oxygens (including phenoxy) is 3. The zero-order valence-corrected chi connectivity index (χ0v) is 12.4. The van der Waals surface area contributed by atoms with Gasteiger partial charge in [-0.05, 0) is 20.8 Å². The highest BCUT2D eigenvalue weighted by atomic mass is 16.6. The molecular weight excluding hydrogens is 264 g/mol. The summed E-state index contributed by atoms with van der Waals surface area (Å²) in [5, 5.41) is 5.06. The van der Waals surface area contributed by atoms with Gasteiger partial charge in [-0.25, -0.2) is 9.59 Å². The van der Waals surface area contributed by atoms with Crippen LogP contribution in [-0.2, 0) is 14.2 Å². The molecule has 0 bridgehead atoms. The van der Waals surface area contributed by atoms with Crippen molar-refractivity contribution in [2.75, 3.05) is 32.9 Å². The van der Waals surface area contributed by atoms with Crippen molar-refractivity contribution in [3.63, 3.8) is 0 Å². The molecule has 0 fully saturated rings. The minimum Gasteiger partial charge on any atom is -0.445 e. The topological polar surface area (TPSA) is 85.9 Å². The fourth-order valence-electron chi connectivity index (χ4n) is 1.05. The number of nitrogens with one attached hydrogen (secondary N) is 2. The fraction of sp³-hybridized carbons (Fsp3) is 0.692. The maximum Gasteiger partial charge on any atom is 0.407 e. The molecular formula is C13H24N2O5. The first-order chi connectivity index (χ1) is 9.35. The lowest BCUT2D eigenvalue weighted by molar-refractivity contribution is 0.0500. The third kappa shape index (κ3) is 12.7. The molecule has 0 aromatic heterocycles. The minimum absolute atomic E-state index is 0.173. The Morgan fingerprint density at radius 2 is 1.65 bits per heavy atom. The van der Waals surface area contributed by atoms with Crippen LogP contribution in [0.25, 0.3) is 0 Å². The zero-order valence-electron chi connectivity index (χ0n) is 12.4. The van der Waals surface area contributed by atoms with Crippen LogP contribution in [-0.4, -0.2) is 50.7 Å². The van der Waals surface area contributed by atoms with Crippen molar-refractivity contribution in [1.82, 2.24) is 10.6 Å². The summed E-state index contributed by atoms with van der Waals surface area (Å²) < 4.78 is 15.0. The van der Waals surface area contributed by atoms with Gasteiger partial charge in [-0.1, -0.05) is 12.7 Å². The van der Waals surface area contributed by atoms with E-state index in [0.29, 0.717) is 26.3 Å². The van der Waals surface area contributed by atoms with Gasteiger partial charge in [-0.15, -0.1) is 0 Å². The summed E-state index contributed by atoms with van der Waals surface area (Å²) >= 11 is 0. The number of hydrogen-bond donors (Lipinski definition) is 2. The van der Waals surface area contributed by atoms with E-state index in [1.165, 1.54) is 6.08 Å². The summed E-state index contributed by atoms with van der Waals surface area (Å²) in [6.07, 6.45) is 0.492. The van der Waals surface area contributed by atoms with Crippen molar-refractivity contribution in [3.8, 4) is 0 Å². The van der Waals surface area contributed by atoms with Gasteiger partial charge in [-0.2, -0.15) is 0 Å². The maximum absolute atomic E-state index is 11.3. The lowest BCUT2D eigenvalue weighted by Gasteiger charge is -2.19. The highest BCUT2D eigenvalue weighted by Gasteiger charge is 2.15. The van der Waals surface area contributed by atoms with Gasteiger partial charge in [0.15, 0.2) is 0 Å². The van der Waals surface area contributed by atoms with Crippen LogP contribution >= 0.6 is 0 Å². The van der Waals surface area contributed by atoms with Gasteiger partial charge in [0.1, 0.15) is 12.2 Å². The van der Waals surface area contributed by atoms with E-state index in [4.69, 9.17) is 14.2 Å². The Kier molecular flexibility index (Phi) is 9.19. The molecule has 0 rings (SSSR count). The van der Waals surface area contributed by atoms with Crippen LogP contribution in [0.4, 0.5) is 9.59 Å². The first-order valence-corrected chi connectivity index (χ1v) is 6.41. The zero-order chi connectivity index (χ0) is 15.4. The van der Waals surface area contributed by atoms with Crippen molar-refractivity contribution in [2.45, 2.75) is 26.4 Å². The molecule has 2 N–H and O–H groups in total. The van der Waals surface area contributed by atoms with Crippen LogP contribution in [0.15, 0.2) is 12.7 Å². The van der Waals surface area contributed by atoms with Gasteiger partial charge in [0.25, 0.3) is 0 Å². The summed E-state index contributed by atoms with van der Waals surface area (Å²) in [6, 6.07) is 0. The summed E-state index contributed by atoms with van der Waals surface area (Å²) in [5.74, 6) is 0. The predicted molar refractivity (Wildman–Crippen MR) is 74.6 cm³/mol. The van der Waals surface area contributed by atoms with Crippen LogP contribution in [0.5, 0.6) is 0 Å². The van der Waals surface area contributed by atoms with Crippen molar-refractivity contribution < 1.29 is 23.8 Å². The number of carbonyl (C=O) groups is 2. The molecule has 0 aliphatic carbocycles. The number of rotatable bonds is 8. The molecule has 0 saturated carbocycles. The van der Waals surface area contributed by atoms with Crippen molar-refractivity contribution in [3.05, 3.63) is 12.7 Å².